The van der Waals surface area contributed by atoms with E-state index in [2.05, 4.69) is 0 Å². The lowest BCUT2D eigenvalue weighted by atomic mass is 9.52. The van der Waals surface area contributed by atoms with Crippen LogP contribution in [0.5, 0.6) is 0 Å². The number of hydrogen-bond donors (Lipinski definition) is 7. The van der Waals surface area contributed by atoms with Crippen LogP contribution in [-0.4, -0.2) is 208 Å². The molecule has 0 unspecified atom stereocenters. The molecule has 0 aromatic heterocycles. The summed E-state index contributed by atoms with van der Waals surface area (Å²) in [5, 5.41) is 76.2. The highest BCUT2D eigenvalue weighted by molar-refractivity contribution is 5.97. The van der Waals surface area contributed by atoms with Crippen molar-refractivity contribution in [2.45, 2.75) is 221 Å². The molecule has 4 heterocycles. The first kappa shape index (κ1) is 60.6. The fraction of sp³-hybridized carbons (Fsp3) is 0.750. The Morgan fingerprint density at radius 3 is 2.08 bits per heavy atom. The van der Waals surface area contributed by atoms with Crippen molar-refractivity contribution in [2.24, 2.45) is 22.7 Å². The van der Waals surface area contributed by atoms with Crippen molar-refractivity contribution in [3.8, 4) is 0 Å². The van der Waals surface area contributed by atoms with Gasteiger partial charge >= 0.3 is 5.97 Å². The first-order valence-corrected chi connectivity index (χ1v) is 27.2. The topological polar surface area (TPSA) is 311 Å². The van der Waals surface area contributed by atoms with Gasteiger partial charge in [0.15, 0.2) is 30.9 Å². The smallest absolute Gasteiger partial charge is 0.331 e. The maximum Gasteiger partial charge on any atom is 0.331 e. The van der Waals surface area contributed by atoms with Gasteiger partial charge in [-0.05, 0) is 84.1 Å². The van der Waals surface area contributed by atoms with Crippen LogP contribution in [0.15, 0.2) is 48.6 Å². The quantitative estimate of drug-likeness (QED) is 0.0806. The van der Waals surface area contributed by atoms with Gasteiger partial charge in [-0.1, -0.05) is 37.3 Å². The number of ketones is 3. The lowest BCUT2D eigenvalue weighted by Crippen LogP contribution is -2.65. The molecule has 1 aromatic rings. The largest absolute Gasteiger partial charge is 0.458 e. The highest BCUT2D eigenvalue weighted by Crippen LogP contribution is 2.57. The highest BCUT2D eigenvalue weighted by Gasteiger charge is 2.62. The Morgan fingerprint density at radius 2 is 1.42 bits per heavy atom. The van der Waals surface area contributed by atoms with Gasteiger partial charge in [-0.2, -0.15) is 0 Å². The van der Waals surface area contributed by atoms with E-state index in [1.54, 1.807) is 33.8 Å². The van der Waals surface area contributed by atoms with Crippen LogP contribution in [-0.2, 0) is 71.3 Å². The van der Waals surface area contributed by atoms with E-state index in [0.717, 1.165) is 5.56 Å². The summed E-state index contributed by atoms with van der Waals surface area (Å²) in [5.74, 6) is -3.07. The number of aliphatic hydroxyl groups excluding tert-OH is 6. The first-order valence-electron chi connectivity index (χ1n) is 27.2. The van der Waals surface area contributed by atoms with E-state index < -0.39 is 164 Å². The molecule has 8 rings (SSSR count). The minimum atomic E-state index is -1.71. The summed E-state index contributed by atoms with van der Waals surface area (Å²) in [4.78, 5) is 54.4. The molecule has 25 atom stereocenters. The van der Waals surface area contributed by atoms with Gasteiger partial charge < -0.3 is 87.9 Å². The number of benzene rings is 1. The average molecular weight is 1110 g/mol. The number of methoxy groups -OCH3 is 2. The van der Waals surface area contributed by atoms with Crippen molar-refractivity contribution in [1.82, 2.24) is 0 Å². The molecule has 22 nitrogen and oxygen atoms in total. The fourth-order valence-corrected chi connectivity index (χ4v) is 13.1. The van der Waals surface area contributed by atoms with Crippen LogP contribution in [0.25, 0.3) is 6.08 Å². The van der Waals surface area contributed by atoms with Crippen LogP contribution in [0.1, 0.15) is 98.5 Å². The van der Waals surface area contributed by atoms with Gasteiger partial charge in [-0.15, -0.1) is 0 Å². The Bertz CT molecular complexity index is 2290. The third kappa shape index (κ3) is 12.2. The van der Waals surface area contributed by atoms with Crippen LogP contribution in [0, 0.1) is 22.7 Å². The summed E-state index contributed by atoms with van der Waals surface area (Å²) in [6, 6.07) is 9.14. The molecule has 22 heteroatoms. The summed E-state index contributed by atoms with van der Waals surface area (Å²) in [6.45, 7) is 9.30. The molecule has 7 aliphatic rings. The number of rotatable bonds is 18. The second kappa shape index (κ2) is 24.9. The first-order chi connectivity index (χ1) is 37.0. The predicted molar refractivity (Wildman–Crippen MR) is 270 cm³/mol. The second-order valence-electron chi connectivity index (χ2n) is 22.7. The van der Waals surface area contributed by atoms with Crippen LogP contribution < -0.4 is 0 Å². The summed E-state index contributed by atoms with van der Waals surface area (Å²) in [7, 11) is 2.85. The number of carbonyl (C=O) groups is 4. The third-order valence-corrected chi connectivity index (χ3v) is 17.9. The van der Waals surface area contributed by atoms with Crippen LogP contribution >= 0.6 is 0 Å². The number of Topliss-reactive ketones (excluding diaryl/α,β-unsaturated/α-hetero) is 2. The van der Waals surface area contributed by atoms with Crippen molar-refractivity contribution in [2.75, 3.05) is 20.8 Å². The number of hydrogen-bond acceptors (Lipinski definition) is 22. The molecule has 3 aliphatic carbocycles. The maximum atomic E-state index is 14.0. The molecule has 6 fully saturated rings. The molecule has 4 aliphatic heterocycles. The van der Waals surface area contributed by atoms with Gasteiger partial charge in [0, 0.05) is 63.2 Å². The van der Waals surface area contributed by atoms with E-state index in [1.165, 1.54) is 39.4 Å². The molecule has 7 N–H and O–H groups in total. The van der Waals surface area contributed by atoms with E-state index >= 15 is 0 Å². The SMILES string of the molecule is CO[C@@H]1[C@@H](O)[C@H](O[C@H]2[C@@H](O)C[C@H](O[C@H]3[C@@H](OC)C[C@H](O[C@H]4CC[C@]5(C)[C@@H](C[C@@H](OC(=O)C=Cc6ccccc6)[C@@]6(C)C(=O)CC[C@@H]6C(C)=O)C(=O)C=C[C@]5(O)C4)O[C@@H]3C)O[C@@H]2C)O[C@H](C)[C@H]1O[C@@H]1O[C@H](CO)[C@@H](O)[C@H](O)[C@H]1O. The van der Waals surface area contributed by atoms with Crippen LogP contribution in [0.2, 0.25) is 0 Å². The lowest BCUT2D eigenvalue weighted by Gasteiger charge is -2.55. The van der Waals surface area contributed by atoms with Gasteiger partial charge in [0.05, 0.1) is 54.2 Å². The summed E-state index contributed by atoms with van der Waals surface area (Å²) in [6.07, 6.45) is -15.0. The fourth-order valence-electron chi connectivity index (χ4n) is 13.1. The minimum Gasteiger partial charge on any atom is -0.458 e. The van der Waals surface area contributed by atoms with E-state index in [1.807, 2.05) is 37.3 Å². The summed E-state index contributed by atoms with van der Waals surface area (Å²) < 4.78 is 66.9. The normalized spacial score (nSPS) is 45.5. The van der Waals surface area contributed by atoms with E-state index in [0.29, 0.717) is 19.3 Å². The van der Waals surface area contributed by atoms with Crippen LogP contribution in [0.4, 0.5) is 0 Å². The highest BCUT2D eigenvalue weighted by atomic mass is 16.8. The zero-order chi connectivity index (χ0) is 56.6. The lowest BCUT2D eigenvalue weighted by molar-refractivity contribution is -0.373. The zero-order valence-corrected chi connectivity index (χ0v) is 45.5. The zero-order valence-electron chi connectivity index (χ0n) is 45.5. The molecule has 1 aromatic carbocycles. The number of esters is 1. The number of ether oxygens (including phenoxy) is 11. The number of fused-ring (bicyclic) bond motifs is 1. The van der Waals surface area contributed by atoms with Gasteiger partial charge in [0.25, 0.3) is 0 Å². The van der Waals surface area contributed by atoms with Crippen molar-refractivity contribution >= 4 is 29.4 Å². The molecule has 78 heavy (non-hydrogen) atoms. The molecule has 0 bridgehead atoms. The standard InChI is InChI=1S/C56H80O22/c1-27(58)33-15-16-39(61)55(33,6)40(75-41(62)17-14-31-12-10-9-11-13-31)22-34-35(59)19-21-56(67)25-32(18-20-54(34,56)5)73-43-24-37(68-7)49(29(3)71-43)76-42-23-36(60)48(28(2)70-42)77-53-47(66)51(69-8)50(30(4)72-53)78-52-46(65)45(64)44(63)38(26-57)74-52/h9-14,17,19,21,28-30,32-34,36-38,40,42-53,57,60,63-67H,15-16,18,20,22-26H2,1-8H3/t28-,29-,30-,32+,33-,34+,36+,37+,38-,40-,42+,43+,44-,45+,46-,47-,48-,49-,50-,51-,52+,53+,54-,55-,56+/m1/s1. The molecule has 436 valence electrons. The molecule has 0 amide bonds. The average Bonchev–Trinajstić information content (AvgIpc) is 3.79. The Balaban J connectivity index is 0.866. The summed E-state index contributed by atoms with van der Waals surface area (Å²) in [5.41, 5.74) is -3.30. The minimum absolute atomic E-state index is 0.0543. The molecular weight excluding hydrogens is 1020 g/mol. The molecule has 0 spiro atoms. The number of carbonyl (C=O) groups excluding carboxylic acids is 4. The maximum absolute atomic E-state index is 14.0. The summed E-state index contributed by atoms with van der Waals surface area (Å²) >= 11 is 0. The van der Waals surface area contributed by atoms with Gasteiger partial charge in [-0.25, -0.2) is 4.79 Å². The van der Waals surface area contributed by atoms with Crippen molar-refractivity contribution in [3.63, 3.8) is 0 Å². The Morgan fingerprint density at radius 1 is 0.769 bits per heavy atom. The van der Waals surface area contributed by atoms with E-state index in [9.17, 15) is 54.9 Å². The third-order valence-electron chi connectivity index (χ3n) is 17.9. The van der Waals surface area contributed by atoms with Crippen molar-refractivity contribution < 1.29 is 107 Å². The van der Waals surface area contributed by atoms with Gasteiger partial charge in [0.2, 0.25) is 0 Å². The Kier molecular flexibility index (Phi) is 19.4. The van der Waals surface area contributed by atoms with Gasteiger partial charge in [0.1, 0.15) is 72.6 Å². The van der Waals surface area contributed by atoms with Crippen molar-refractivity contribution in [1.29, 1.82) is 0 Å². The Hall–Kier alpha value is -3.50. The molecule has 0 radical (unpaired) electrons. The van der Waals surface area contributed by atoms with E-state index in [-0.39, 0.29) is 49.5 Å². The predicted octanol–water partition coefficient (Wildman–Crippen LogP) is 1.36. The second-order valence-corrected chi connectivity index (χ2v) is 22.7. The monoisotopic (exact) mass is 1100 g/mol. The molecule has 2 saturated carbocycles. The molecule has 4 saturated heterocycles. The Labute approximate surface area is 454 Å². The van der Waals surface area contributed by atoms with Gasteiger partial charge in [-0.3, -0.25) is 14.4 Å². The van der Waals surface area contributed by atoms with Crippen molar-refractivity contribution in [3.05, 3.63) is 54.1 Å². The molecular formula is C56H80O22. The number of allylic oxidation sites excluding steroid dienone is 1. The number of aliphatic hydroxyl groups is 7. The van der Waals surface area contributed by atoms with Crippen LogP contribution in [0.3, 0.4) is 0 Å². The van der Waals surface area contributed by atoms with E-state index in [4.69, 9.17) is 52.1 Å².